The van der Waals surface area contributed by atoms with Gasteiger partial charge in [-0.05, 0) is 17.5 Å². The number of hydrogen-bond donors (Lipinski definition) is 1. The molecule has 0 saturated heterocycles. The van der Waals surface area contributed by atoms with Crippen LogP contribution in [0.1, 0.15) is 22.5 Å². The zero-order valence-electron chi connectivity index (χ0n) is 12.3. The average Bonchev–Trinajstić information content (AvgIpc) is 2.92. The number of ketones is 1. The Balaban J connectivity index is 2.19. The fourth-order valence-electron chi connectivity index (χ4n) is 1.87. The predicted octanol–water partition coefficient (Wildman–Crippen LogP) is 2.73. The van der Waals surface area contributed by atoms with Crippen LogP contribution in [0, 0.1) is 0 Å². The number of Topliss-reactive ketones (excluding diaryl/α,β-unsaturated/α-hetero) is 1. The van der Waals surface area contributed by atoms with E-state index in [9.17, 15) is 14.7 Å². The summed E-state index contributed by atoms with van der Waals surface area (Å²) < 4.78 is 15.4. The third-order valence-corrected chi connectivity index (χ3v) is 4.13. The first-order valence-corrected chi connectivity index (χ1v) is 7.35. The summed E-state index contributed by atoms with van der Waals surface area (Å²) in [5.41, 5.74) is 0. The lowest BCUT2D eigenvalue weighted by Gasteiger charge is -2.06. The molecule has 1 N–H and O–H groups in total. The Morgan fingerprint density at radius 3 is 2.64 bits per heavy atom. The fraction of sp³-hybridized carbons (Fsp3) is 0.333. The van der Waals surface area contributed by atoms with Crippen LogP contribution in [0.3, 0.4) is 0 Å². The van der Waals surface area contributed by atoms with Gasteiger partial charge in [-0.25, -0.2) is 0 Å². The Hall–Kier alpha value is -2.12. The molecule has 1 heterocycles. The van der Waals surface area contributed by atoms with E-state index in [0.717, 1.165) is 10.1 Å². The normalized spacial score (nSPS) is 10.6. The van der Waals surface area contributed by atoms with Crippen molar-refractivity contribution in [3.05, 3.63) is 23.1 Å². The average molecular weight is 324 g/mol. The molecule has 0 aliphatic carbocycles. The smallest absolute Gasteiger partial charge is 0.305 e. The molecule has 0 atom stereocenters. The highest BCUT2D eigenvalue weighted by Gasteiger charge is 2.14. The number of thiophene rings is 1. The number of rotatable bonds is 7. The van der Waals surface area contributed by atoms with Crippen LogP contribution in [-0.4, -0.2) is 37.9 Å². The van der Waals surface area contributed by atoms with E-state index in [1.165, 1.54) is 31.6 Å². The van der Waals surface area contributed by atoms with Crippen molar-refractivity contribution in [1.82, 2.24) is 0 Å². The maximum absolute atomic E-state index is 12.1. The molecule has 0 aliphatic heterocycles. The first-order chi connectivity index (χ1) is 10.5. The van der Waals surface area contributed by atoms with Crippen LogP contribution < -0.4 is 4.74 Å². The number of ether oxygens (including phenoxy) is 3. The minimum atomic E-state index is -0.414. The molecule has 1 aromatic carbocycles. The Kier molecular flexibility index (Phi) is 5.35. The highest BCUT2D eigenvalue weighted by atomic mass is 32.1. The van der Waals surface area contributed by atoms with Crippen molar-refractivity contribution in [3.8, 4) is 11.5 Å². The van der Waals surface area contributed by atoms with Gasteiger partial charge in [0.25, 0.3) is 0 Å². The molecule has 0 saturated carbocycles. The molecule has 118 valence electrons. The minimum absolute atomic E-state index is 0.0177. The van der Waals surface area contributed by atoms with E-state index >= 15 is 0 Å². The summed E-state index contributed by atoms with van der Waals surface area (Å²) in [6.07, 6.45) is 0.148. The van der Waals surface area contributed by atoms with Gasteiger partial charge in [-0.15, -0.1) is 11.3 Å². The van der Waals surface area contributed by atoms with E-state index in [0.29, 0.717) is 10.6 Å². The topological polar surface area (TPSA) is 82.1 Å². The second-order valence-corrected chi connectivity index (χ2v) is 5.60. The summed E-state index contributed by atoms with van der Waals surface area (Å²) in [6, 6.07) is 4.89. The first kappa shape index (κ1) is 16.3. The number of methoxy groups -OCH3 is 2. The van der Waals surface area contributed by atoms with Crippen molar-refractivity contribution in [1.29, 1.82) is 0 Å². The van der Waals surface area contributed by atoms with Gasteiger partial charge in [-0.3, -0.25) is 9.59 Å². The van der Waals surface area contributed by atoms with Gasteiger partial charge in [0, 0.05) is 24.3 Å². The molecule has 0 aliphatic rings. The SMILES string of the molecule is COCOc1cc2sc(C(=O)CCC(=O)OC)cc2cc1O. The summed E-state index contributed by atoms with van der Waals surface area (Å²) in [7, 11) is 2.77. The number of hydrogen-bond acceptors (Lipinski definition) is 7. The standard InChI is InChI=1S/C15H16O6S/c1-19-8-21-12-7-13-9(5-11(12)17)6-14(22-13)10(16)3-4-15(18)20-2/h5-7,17H,3-4,8H2,1-2H3. The molecule has 0 radical (unpaired) electrons. The number of esters is 1. The molecule has 0 bridgehead atoms. The lowest BCUT2D eigenvalue weighted by molar-refractivity contribution is -0.140. The number of benzene rings is 1. The molecule has 0 amide bonds. The molecular weight excluding hydrogens is 308 g/mol. The van der Waals surface area contributed by atoms with Gasteiger partial charge in [0.15, 0.2) is 24.1 Å². The zero-order chi connectivity index (χ0) is 16.1. The number of phenols is 1. The van der Waals surface area contributed by atoms with Crippen LogP contribution in [0.2, 0.25) is 0 Å². The molecule has 0 spiro atoms. The van der Waals surface area contributed by atoms with Crippen LogP contribution >= 0.6 is 11.3 Å². The van der Waals surface area contributed by atoms with Crippen molar-refractivity contribution in [2.75, 3.05) is 21.0 Å². The molecule has 0 fully saturated rings. The van der Waals surface area contributed by atoms with Gasteiger partial charge in [0.2, 0.25) is 0 Å². The molecule has 2 rings (SSSR count). The van der Waals surface area contributed by atoms with Crippen LogP contribution in [-0.2, 0) is 14.3 Å². The van der Waals surface area contributed by atoms with Gasteiger partial charge >= 0.3 is 5.97 Å². The second-order valence-electron chi connectivity index (χ2n) is 4.52. The maximum atomic E-state index is 12.1. The molecule has 0 unspecified atom stereocenters. The van der Waals surface area contributed by atoms with Gasteiger partial charge in [0.05, 0.1) is 18.4 Å². The van der Waals surface area contributed by atoms with Crippen LogP contribution in [0.25, 0.3) is 10.1 Å². The van der Waals surface area contributed by atoms with Crippen molar-refractivity contribution in [2.24, 2.45) is 0 Å². The Morgan fingerprint density at radius 1 is 1.18 bits per heavy atom. The summed E-state index contributed by atoms with van der Waals surface area (Å²) in [5.74, 6) is -0.270. The van der Waals surface area contributed by atoms with Crippen molar-refractivity contribution in [2.45, 2.75) is 12.8 Å². The van der Waals surface area contributed by atoms with E-state index < -0.39 is 5.97 Å². The fourth-order valence-corrected chi connectivity index (χ4v) is 2.91. The number of carbonyl (C=O) groups is 2. The molecule has 6 nitrogen and oxygen atoms in total. The zero-order valence-corrected chi connectivity index (χ0v) is 13.1. The van der Waals surface area contributed by atoms with Crippen molar-refractivity contribution in [3.63, 3.8) is 0 Å². The third kappa shape index (κ3) is 3.75. The van der Waals surface area contributed by atoms with Gasteiger partial charge < -0.3 is 19.3 Å². The molecular formula is C15H16O6S. The van der Waals surface area contributed by atoms with Crippen molar-refractivity contribution >= 4 is 33.2 Å². The largest absolute Gasteiger partial charge is 0.504 e. The lowest BCUT2D eigenvalue weighted by atomic mass is 10.1. The highest BCUT2D eigenvalue weighted by Crippen LogP contribution is 2.36. The summed E-state index contributed by atoms with van der Waals surface area (Å²) in [6.45, 7) is 0.0232. The monoisotopic (exact) mass is 324 g/mol. The minimum Gasteiger partial charge on any atom is -0.504 e. The summed E-state index contributed by atoms with van der Waals surface area (Å²) >= 11 is 1.29. The Bertz CT molecular complexity index is 691. The van der Waals surface area contributed by atoms with Crippen LogP contribution in [0.5, 0.6) is 11.5 Å². The Morgan fingerprint density at radius 2 is 1.95 bits per heavy atom. The Labute approximate surface area is 131 Å². The summed E-state index contributed by atoms with van der Waals surface area (Å²) in [5, 5.41) is 10.6. The van der Waals surface area contributed by atoms with E-state index in [-0.39, 0.29) is 31.2 Å². The summed E-state index contributed by atoms with van der Waals surface area (Å²) in [4.78, 5) is 23.7. The number of aromatic hydroxyl groups is 1. The van der Waals surface area contributed by atoms with E-state index in [1.54, 1.807) is 12.1 Å². The van der Waals surface area contributed by atoms with Crippen LogP contribution in [0.15, 0.2) is 18.2 Å². The molecule has 7 heteroatoms. The highest BCUT2D eigenvalue weighted by molar-refractivity contribution is 7.20. The number of carbonyl (C=O) groups excluding carboxylic acids is 2. The van der Waals surface area contributed by atoms with E-state index in [1.807, 2.05) is 0 Å². The molecule has 22 heavy (non-hydrogen) atoms. The third-order valence-electron chi connectivity index (χ3n) is 2.99. The number of phenolic OH excluding ortho intramolecular Hbond substituents is 1. The first-order valence-electron chi connectivity index (χ1n) is 6.53. The second kappa shape index (κ2) is 7.24. The van der Waals surface area contributed by atoms with Crippen LogP contribution in [0.4, 0.5) is 0 Å². The molecule has 2 aromatic rings. The van der Waals surface area contributed by atoms with E-state index in [2.05, 4.69) is 4.74 Å². The quantitative estimate of drug-likeness (QED) is 0.479. The van der Waals surface area contributed by atoms with Crippen molar-refractivity contribution < 1.29 is 28.9 Å². The number of fused-ring (bicyclic) bond motifs is 1. The lowest BCUT2D eigenvalue weighted by Crippen LogP contribution is -2.04. The predicted molar refractivity (Wildman–Crippen MR) is 81.6 cm³/mol. The van der Waals surface area contributed by atoms with Gasteiger partial charge in [-0.2, -0.15) is 0 Å². The molecule has 1 aromatic heterocycles. The van der Waals surface area contributed by atoms with E-state index in [4.69, 9.17) is 9.47 Å². The van der Waals surface area contributed by atoms with Gasteiger partial charge in [-0.1, -0.05) is 0 Å². The van der Waals surface area contributed by atoms with Gasteiger partial charge in [0.1, 0.15) is 0 Å². The maximum Gasteiger partial charge on any atom is 0.305 e.